The first kappa shape index (κ1) is 12.9. The number of aromatic nitrogens is 2. The topological polar surface area (TPSA) is 82.3 Å². The average Bonchev–Trinajstić information content (AvgIpc) is 2.45. The van der Waals surface area contributed by atoms with Gasteiger partial charge < -0.3 is 20.5 Å². The molecule has 6 nitrogen and oxygen atoms in total. The number of anilines is 2. The van der Waals surface area contributed by atoms with Crippen molar-refractivity contribution in [3.05, 3.63) is 36.7 Å². The lowest BCUT2D eigenvalue weighted by molar-refractivity contribution is 0.334. The second kappa shape index (κ2) is 6.44. The smallest absolute Gasteiger partial charge is 0.233 e. The number of nitrogens with two attached hydrogens (primary N) is 1. The molecule has 2 aromatic rings. The van der Waals surface area contributed by atoms with E-state index in [-0.39, 0.29) is 0 Å². The molecule has 1 heterocycles. The molecule has 3 N–H and O–H groups in total. The number of para-hydroxylation sites is 2. The van der Waals surface area contributed by atoms with E-state index in [9.17, 15) is 0 Å². The minimum Gasteiger partial charge on any atom is -0.490 e. The Kier molecular flexibility index (Phi) is 4.39. The maximum atomic E-state index is 5.77. The summed E-state index contributed by atoms with van der Waals surface area (Å²) in [5.41, 5.74) is 6.40. The van der Waals surface area contributed by atoms with Crippen LogP contribution in [0.15, 0.2) is 36.7 Å². The second-order valence-electron chi connectivity index (χ2n) is 3.76. The fourth-order valence-corrected chi connectivity index (χ4v) is 1.48. The molecular weight excluding hydrogens is 244 g/mol. The van der Waals surface area contributed by atoms with Crippen LogP contribution in [0, 0.1) is 0 Å². The van der Waals surface area contributed by atoms with E-state index in [0.717, 1.165) is 0 Å². The highest BCUT2D eigenvalue weighted by Gasteiger charge is 2.00. The van der Waals surface area contributed by atoms with Gasteiger partial charge >= 0.3 is 0 Å². The molecule has 1 aromatic heterocycles. The summed E-state index contributed by atoms with van der Waals surface area (Å²) < 4.78 is 10.5. The summed E-state index contributed by atoms with van der Waals surface area (Å²) in [6, 6.07) is 7.38. The average molecular weight is 260 g/mol. The van der Waals surface area contributed by atoms with Gasteiger partial charge in [-0.3, -0.25) is 4.98 Å². The van der Waals surface area contributed by atoms with Gasteiger partial charge in [-0.25, -0.2) is 0 Å². The summed E-state index contributed by atoms with van der Waals surface area (Å²) in [7, 11) is 1.55. The number of methoxy groups -OCH3 is 1. The number of ether oxygens (including phenoxy) is 2. The molecule has 2 rings (SSSR count). The van der Waals surface area contributed by atoms with Crippen LogP contribution in [0.4, 0.5) is 11.5 Å². The number of hydrogen-bond acceptors (Lipinski definition) is 6. The fourth-order valence-electron chi connectivity index (χ4n) is 1.48. The number of rotatable bonds is 6. The molecule has 0 amide bonds. The molecule has 0 fully saturated rings. The van der Waals surface area contributed by atoms with E-state index in [1.165, 1.54) is 0 Å². The lowest BCUT2D eigenvalue weighted by atomic mass is 10.3. The fraction of sp³-hybridized carbons (Fsp3) is 0.231. The van der Waals surface area contributed by atoms with Crippen molar-refractivity contribution in [1.82, 2.24) is 9.97 Å². The van der Waals surface area contributed by atoms with Crippen molar-refractivity contribution in [2.24, 2.45) is 0 Å². The summed E-state index contributed by atoms with van der Waals surface area (Å²) in [6.45, 7) is 1.07. The van der Waals surface area contributed by atoms with E-state index in [0.29, 0.717) is 36.3 Å². The summed E-state index contributed by atoms with van der Waals surface area (Å²) in [4.78, 5) is 8.17. The van der Waals surface area contributed by atoms with E-state index in [1.807, 2.05) is 18.2 Å². The highest BCUT2D eigenvalue weighted by atomic mass is 16.5. The third-order valence-electron chi connectivity index (χ3n) is 2.41. The highest BCUT2D eigenvalue weighted by molar-refractivity contribution is 5.51. The summed E-state index contributed by atoms with van der Waals surface area (Å²) >= 11 is 0. The van der Waals surface area contributed by atoms with Gasteiger partial charge in [-0.1, -0.05) is 12.1 Å². The molecule has 0 atom stereocenters. The number of benzene rings is 1. The minimum absolute atomic E-state index is 0.471. The molecule has 0 bridgehead atoms. The van der Waals surface area contributed by atoms with Crippen molar-refractivity contribution in [3.63, 3.8) is 0 Å². The molecule has 0 radical (unpaired) electrons. The lowest BCUT2D eigenvalue weighted by Crippen LogP contribution is -2.13. The molecule has 0 spiro atoms. The Bertz CT molecular complexity index is 534. The number of nitrogens with zero attached hydrogens (tertiary/aromatic N) is 2. The second-order valence-corrected chi connectivity index (χ2v) is 3.76. The zero-order valence-electron chi connectivity index (χ0n) is 10.7. The van der Waals surface area contributed by atoms with Gasteiger partial charge in [0.25, 0.3) is 0 Å². The van der Waals surface area contributed by atoms with E-state index in [4.69, 9.17) is 15.2 Å². The lowest BCUT2D eigenvalue weighted by Gasteiger charge is -2.09. The number of nitrogen functional groups attached to an aromatic ring is 1. The van der Waals surface area contributed by atoms with Gasteiger partial charge in [0.15, 0.2) is 0 Å². The molecule has 0 unspecified atom stereocenters. The SMILES string of the molecule is COc1cncc(NCCOc2ccccc2N)n1. The maximum Gasteiger partial charge on any atom is 0.233 e. The monoisotopic (exact) mass is 260 g/mol. The van der Waals surface area contributed by atoms with Gasteiger partial charge in [0.05, 0.1) is 31.7 Å². The Labute approximate surface area is 111 Å². The van der Waals surface area contributed by atoms with Crippen molar-refractivity contribution in [3.8, 4) is 11.6 Å². The molecule has 0 aliphatic carbocycles. The van der Waals surface area contributed by atoms with Gasteiger partial charge in [-0.05, 0) is 12.1 Å². The Balaban J connectivity index is 1.79. The Morgan fingerprint density at radius 3 is 2.89 bits per heavy atom. The van der Waals surface area contributed by atoms with Crippen LogP contribution in [-0.2, 0) is 0 Å². The number of nitrogens with one attached hydrogen (secondary N) is 1. The quantitative estimate of drug-likeness (QED) is 0.606. The van der Waals surface area contributed by atoms with Crippen molar-refractivity contribution in [1.29, 1.82) is 0 Å². The third kappa shape index (κ3) is 3.74. The molecule has 1 aromatic carbocycles. The van der Waals surface area contributed by atoms with Gasteiger partial charge in [0, 0.05) is 0 Å². The zero-order chi connectivity index (χ0) is 13.5. The van der Waals surface area contributed by atoms with Gasteiger partial charge in [-0.2, -0.15) is 4.98 Å². The molecule has 100 valence electrons. The van der Waals surface area contributed by atoms with Crippen molar-refractivity contribution in [2.45, 2.75) is 0 Å². The van der Waals surface area contributed by atoms with Crippen LogP contribution in [0.3, 0.4) is 0 Å². The zero-order valence-corrected chi connectivity index (χ0v) is 10.7. The standard InChI is InChI=1S/C13H16N4O2/c1-18-13-9-15-8-12(17-13)16-6-7-19-11-5-3-2-4-10(11)14/h2-5,8-9H,6-7,14H2,1H3,(H,16,17). The predicted molar refractivity (Wildman–Crippen MR) is 73.4 cm³/mol. The van der Waals surface area contributed by atoms with Crippen molar-refractivity contribution < 1.29 is 9.47 Å². The normalized spacial score (nSPS) is 9.95. The first-order valence-electron chi connectivity index (χ1n) is 5.87. The first-order valence-corrected chi connectivity index (χ1v) is 5.87. The van der Waals surface area contributed by atoms with Crippen LogP contribution in [0.2, 0.25) is 0 Å². The van der Waals surface area contributed by atoms with E-state index < -0.39 is 0 Å². The molecular formula is C13H16N4O2. The molecule has 0 aliphatic rings. The number of hydrogen-bond donors (Lipinski definition) is 2. The predicted octanol–water partition coefficient (Wildman–Crippen LogP) is 1.56. The third-order valence-corrected chi connectivity index (χ3v) is 2.41. The van der Waals surface area contributed by atoms with Gasteiger partial charge in [0.2, 0.25) is 5.88 Å². The summed E-state index contributed by atoms with van der Waals surface area (Å²) in [5.74, 6) is 1.79. The molecule has 0 aliphatic heterocycles. The van der Waals surface area contributed by atoms with Crippen LogP contribution in [0.25, 0.3) is 0 Å². The van der Waals surface area contributed by atoms with E-state index in [1.54, 1.807) is 25.6 Å². The minimum atomic E-state index is 0.471. The Morgan fingerprint density at radius 1 is 1.26 bits per heavy atom. The van der Waals surface area contributed by atoms with Crippen LogP contribution < -0.4 is 20.5 Å². The van der Waals surface area contributed by atoms with Gasteiger partial charge in [0.1, 0.15) is 18.2 Å². The van der Waals surface area contributed by atoms with Gasteiger partial charge in [-0.15, -0.1) is 0 Å². The van der Waals surface area contributed by atoms with Crippen LogP contribution >= 0.6 is 0 Å². The molecule has 19 heavy (non-hydrogen) atoms. The maximum absolute atomic E-state index is 5.77. The summed E-state index contributed by atoms with van der Waals surface area (Å²) in [5, 5.41) is 3.09. The first-order chi connectivity index (χ1) is 9.29. The Hall–Kier alpha value is -2.50. The molecule has 6 heteroatoms. The molecule has 0 saturated carbocycles. The summed E-state index contributed by atoms with van der Waals surface area (Å²) in [6.07, 6.45) is 3.17. The molecule has 0 saturated heterocycles. The highest BCUT2D eigenvalue weighted by Crippen LogP contribution is 2.19. The van der Waals surface area contributed by atoms with E-state index >= 15 is 0 Å². The van der Waals surface area contributed by atoms with Crippen LogP contribution in [-0.4, -0.2) is 30.2 Å². The van der Waals surface area contributed by atoms with E-state index in [2.05, 4.69) is 15.3 Å². The van der Waals surface area contributed by atoms with Crippen molar-refractivity contribution >= 4 is 11.5 Å². The van der Waals surface area contributed by atoms with Crippen LogP contribution in [0.5, 0.6) is 11.6 Å². The van der Waals surface area contributed by atoms with Crippen molar-refractivity contribution in [2.75, 3.05) is 31.3 Å². The largest absolute Gasteiger partial charge is 0.490 e. The van der Waals surface area contributed by atoms with Crippen LogP contribution in [0.1, 0.15) is 0 Å². The Morgan fingerprint density at radius 2 is 2.11 bits per heavy atom.